The number of carbonyl (C=O) groups is 1. The molecule has 3 aromatic rings. The molecule has 142 valence electrons. The number of nitro groups is 1. The molecule has 11 heteroatoms. The fourth-order valence-electron chi connectivity index (χ4n) is 2.36. The van der Waals surface area contributed by atoms with Gasteiger partial charge in [0.25, 0.3) is 5.91 Å². The van der Waals surface area contributed by atoms with Crippen molar-refractivity contribution >= 4 is 46.7 Å². The number of aromatic nitrogens is 2. The zero-order valence-electron chi connectivity index (χ0n) is 14.1. The number of primary amides is 1. The Kier molecular flexibility index (Phi) is 5.23. The topological polar surface area (TPSA) is 160 Å². The highest BCUT2D eigenvalue weighted by Gasteiger charge is 2.18. The van der Waals surface area contributed by atoms with Crippen LogP contribution in [-0.4, -0.2) is 32.3 Å². The van der Waals surface area contributed by atoms with Gasteiger partial charge < -0.3 is 16.2 Å². The van der Waals surface area contributed by atoms with Crippen LogP contribution in [0.1, 0.15) is 15.9 Å². The molecule has 1 heterocycles. The number of hydrogen-bond acceptors (Lipinski definition) is 7. The third-order valence-electron chi connectivity index (χ3n) is 3.62. The summed E-state index contributed by atoms with van der Waals surface area (Å²) >= 11 is 5.93. The minimum Gasteiger partial charge on any atom is -0.502 e. The second-order valence-electron chi connectivity index (χ2n) is 5.56. The molecule has 28 heavy (non-hydrogen) atoms. The van der Waals surface area contributed by atoms with Gasteiger partial charge in [0.15, 0.2) is 17.4 Å². The predicted molar refractivity (Wildman–Crippen MR) is 104 cm³/mol. The molecule has 0 spiro atoms. The van der Waals surface area contributed by atoms with Crippen LogP contribution in [0.15, 0.2) is 47.5 Å². The summed E-state index contributed by atoms with van der Waals surface area (Å²) in [7, 11) is 0. The van der Waals surface area contributed by atoms with Crippen LogP contribution >= 0.6 is 11.6 Å². The van der Waals surface area contributed by atoms with Crippen molar-refractivity contribution in [3.63, 3.8) is 0 Å². The summed E-state index contributed by atoms with van der Waals surface area (Å²) in [6.07, 6.45) is 1.27. The van der Waals surface area contributed by atoms with Crippen molar-refractivity contribution in [2.75, 3.05) is 5.32 Å². The lowest BCUT2D eigenvalue weighted by molar-refractivity contribution is -0.385. The summed E-state index contributed by atoms with van der Waals surface area (Å²) in [5.41, 5.74) is 5.89. The van der Waals surface area contributed by atoms with E-state index in [1.54, 1.807) is 24.3 Å². The number of aliphatic imine (C=N–C) groups is 1. The molecule has 0 atom stereocenters. The fourth-order valence-corrected chi connectivity index (χ4v) is 2.55. The molecule has 2 aromatic carbocycles. The van der Waals surface area contributed by atoms with E-state index >= 15 is 0 Å². The Balaban J connectivity index is 1.92. The third kappa shape index (κ3) is 4.07. The number of nitrogens with zero attached hydrogens (tertiary/aromatic N) is 3. The van der Waals surface area contributed by atoms with E-state index in [1.165, 1.54) is 18.3 Å². The number of nitrogens with two attached hydrogens (primary N) is 1. The third-order valence-corrected chi connectivity index (χ3v) is 3.85. The van der Waals surface area contributed by atoms with Crippen LogP contribution < -0.4 is 11.1 Å². The quantitative estimate of drug-likeness (QED) is 0.282. The van der Waals surface area contributed by atoms with Crippen LogP contribution in [0.2, 0.25) is 5.02 Å². The predicted octanol–water partition coefficient (Wildman–Crippen LogP) is 3.27. The number of nitro benzene ring substituents is 1. The van der Waals surface area contributed by atoms with Gasteiger partial charge >= 0.3 is 5.69 Å². The molecule has 0 aliphatic rings. The second kappa shape index (κ2) is 7.76. The molecule has 10 nitrogen and oxygen atoms in total. The molecule has 0 radical (unpaired) electrons. The average molecular weight is 401 g/mol. The summed E-state index contributed by atoms with van der Waals surface area (Å²) in [5.74, 6) is -1.03. The summed E-state index contributed by atoms with van der Waals surface area (Å²) in [4.78, 5) is 26.1. The maximum Gasteiger partial charge on any atom is 0.311 e. The highest BCUT2D eigenvalue weighted by molar-refractivity contribution is 6.30. The number of nitrogens with one attached hydrogen (secondary N) is 2. The van der Waals surface area contributed by atoms with Crippen LogP contribution in [0.5, 0.6) is 5.75 Å². The van der Waals surface area contributed by atoms with E-state index in [0.717, 1.165) is 6.07 Å². The van der Waals surface area contributed by atoms with Crippen LogP contribution in [-0.2, 0) is 0 Å². The first-order chi connectivity index (χ1) is 13.3. The number of aromatic hydroxyl groups is 1. The lowest BCUT2D eigenvalue weighted by atomic mass is 10.2. The standard InChI is InChI=1S/C17H13ClN6O4/c18-10-2-1-3-11(7-10)21-17-14(15(19)26)16(22-23-17)20-8-9-4-5-13(25)12(6-9)24(27)28/h1-8,25H,(H2,19,26)(H2,21,22,23)/b20-8+. The minimum absolute atomic E-state index is 0.00417. The van der Waals surface area contributed by atoms with Gasteiger partial charge in [0, 0.05) is 23.0 Å². The molecule has 5 N–H and O–H groups in total. The summed E-state index contributed by atoms with van der Waals surface area (Å²) in [6.45, 7) is 0. The summed E-state index contributed by atoms with van der Waals surface area (Å²) in [6, 6.07) is 10.5. The highest BCUT2D eigenvalue weighted by atomic mass is 35.5. The number of amides is 1. The molecule has 0 saturated heterocycles. The first-order valence-corrected chi connectivity index (χ1v) is 8.15. The monoisotopic (exact) mass is 400 g/mol. The number of phenols is 1. The zero-order chi connectivity index (χ0) is 20.3. The van der Waals surface area contributed by atoms with Crippen molar-refractivity contribution in [1.82, 2.24) is 10.2 Å². The van der Waals surface area contributed by atoms with E-state index in [-0.39, 0.29) is 17.2 Å². The number of anilines is 2. The van der Waals surface area contributed by atoms with Crippen molar-refractivity contribution in [3.05, 3.63) is 68.7 Å². The van der Waals surface area contributed by atoms with Gasteiger partial charge in [-0.3, -0.25) is 20.0 Å². The first kappa shape index (κ1) is 18.9. The normalized spacial score (nSPS) is 10.9. The number of H-pyrrole nitrogens is 1. The average Bonchev–Trinajstić information content (AvgIpc) is 3.03. The Bertz CT molecular complexity index is 1100. The maximum absolute atomic E-state index is 11.9. The fraction of sp³-hybridized carbons (Fsp3) is 0. The van der Waals surface area contributed by atoms with E-state index < -0.39 is 22.3 Å². The Morgan fingerprint density at radius 1 is 1.36 bits per heavy atom. The number of halogens is 1. The van der Waals surface area contributed by atoms with Gasteiger partial charge in [-0.2, -0.15) is 5.10 Å². The number of aromatic amines is 1. The molecule has 3 rings (SSSR count). The number of carbonyl (C=O) groups excluding carboxylic acids is 1. The number of benzene rings is 2. The SMILES string of the molecule is NC(=O)c1c(Nc2cccc(Cl)c2)n[nH]c1/N=C/c1ccc(O)c([N+](=O)[O-])c1. The van der Waals surface area contributed by atoms with Crippen molar-refractivity contribution < 1.29 is 14.8 Å². The summed E-state index contributed by atoms with van der Waals surface area (Å²) in [5, 5.41) is 30.4. The number of rotatable bonds is 6. The van der Waals surface area contributed by atoms with Crippen molar-refractivity contribution in [2.45, 2.75) is 0 Å². The van der Waals surface area contributed by atoms with Gasteiger partial charge in [-0.05, 0) is 35.9 Å². The van der Waals surface area contributed by atoms with Crippen LogP contribution in [0.3, 0.4) is 0 Å². The van der Waals surface area contributed by atoms with E-state index in [1.807, 2.05) is 0 Å². The molecule has 0 saturated carbocycles. The molecule has 0 fully saturated rings. The summed E-state index contributed by atoms with van der Waals surface area (Å²) < 4.78 is 0. The molecular weight excluding hydrogens is 388 g/mol. The van der Waals surface area contributed by atoms with Crippen LogP contribution in [0.25, 0.3) is 0 Å². The Morgan fingerprint density at radius 3 is 2.82 bits per heavy atom. The Morgan fingerprint density at radius 2 is 2.14 bits per heavy atom. The van der Waals surface area contributed by atoms with Gasteiger partial charge in [0.2, 0.25) is 0 Å². The molecule has 1 aromatic heterocycles. The van der Waals surface area contributed by atoms with Gasteiger partial charge in [0.1, 0.15) is 5.56 Å². The number of phenolic OH excluding ortho intramolecular Hbond substituents is 1. The molecular formula is C17H13ClN6O4. The van der Waals surface area contributed by atoms with Gasteiger partial charge in [-0.15, -0.1) is 0 Å². The number of hydrogen-bond donors (Lipinski definition) is 4. The van der Waals surface area contributed by atoms with Crippen LogP contribution in [0, 0.1) is 10.1 Å². The van der Waals surface area contributed by atoms with Crippen molar-refractivity contribution in [2.24, 2.45) is 10.7 Å². The van der Waals surface area contributed by atoms with Gasteiger partial charge in [0.05, 0.1) is 4.92 Å². The Hall–Kier alpha value is -3.92. The minimum atomic E-state index is -0.776. The lowest BCUT2D eigenvalue weighted by Crippen LogP contribution is -2.12. The van der Waals surface area contributed by atoms with Gasteiger partial charge in [-0.25, -0.2) is 4.99 Å². The lowest BCUT2D eigenvalue weighted by Gasteiger charge is -2.04. The van der Waals surface area contributed by atoms with E-state index in [2.05, 4.69) is 20.5 Å². The van der Waals surface area contributed by atoms with E-state index in [0.29, 0.717) is 16.3 Å². The maximum atomic E-state index is 11.9. The molecule has 1 amide bonds. The van der Waals surface area contributed by atoms with Crippen molar-refractivity contribution in [3.8, 4) is 5.75 Å². The van der Waals surface area contributed by atoms with E-state index in [4.69, 9.17) is 17.3 Å². The smallest absolute Gasteiger partial charge is 0.311 e. The molecule has 0 aliphatic heterocycles. The van der Waals surface area contributed by atoms with E-state index in [9.17, 15) is 20.0 Å². The zero-order valence-corrected chi connectivity index (χ0v) is 14.8. The van der Waals surface area contributed by atoms with Crippen molar-refractivity contribution in [1.29, 1.82) is 0 Å². The Labute approximate surface area is 162 Å². The molecule has 0 bridgehead atoms. The first-order valence-electron chi connectivity index (χ1n) is 7.77. The molecule has 0 unspecified atom stereocenters. The van der Waals surface area contributed by atoms with Gasteiger partial charge in [-0.1, -0.05) is 17.7 Å². The highest BCUT2D eigenvalue weighted by Crippen LogP contribution is 2.28. The van der Waals surface area contributed by atoms with Crippen LogP contribution in [0.4, 0.5) is 23.0 Å². The largest absolute Gasteiger partial charge is 0.502 e. The molecule has 0 aliphatic carbocycles. The second-order valence-corrected chi connectivity index (χ2v) is 6.00.